The molecule has 1 aromatic rings. The fraction of sp³-hybridized carbons (Fsp3) is 0.538. The van der Waals surface area contributed by atoms with Crippen molar-refractivity contribution in [2.24, 2.45) is 5.73 Å². The van der Waals surface area contributed by atoms with Crippen LogP contribution in [0.3, 0.4) is 0 Å². The van der Waals surface area contributed by atoms with E-state index in [0.29, 0.717) is 18.8 Å². The predicted molar refractivity (Wildman–Crippen MR) is 76.7 cm³/mol. The molecule has 1 heterocycles. The van der Waals surface area contributed by atoms with Gasteiger partial charge >= 0.3 is 0 Å². The molecule has 0 radical (unpaired) electrons. The Kier molecular flexibility index (Phi) is 4.52. The molecule has 0 saturated carbocycles. The van der Waals surface area contributed by atoms with E-state index >= 15 is 0 Å². The molecular formula is C13H20N2O4S. The number of benzene rings is 1. The third-order valence-corrected chi connectivity index (χ3v) is 4.28. The highest BCUT2D eigenvalue weighted by Crippen LogP contribution is 2.34. The lowest BCUT2D eigenvalue weighted by molar-refractivity contribution is 0.174. The zero-order valence-electron chi connectivity index (χ0n) is 11.7. The molecule has 0 aliphatic carbocycles. The van der Waals surface area contributed by atoms with Gasteiger partial charge in [-0.1, -0.05) is 6.07 Å². The monoisotopic (exact) mass is 300 g/mol. The summed E-state index contributed by atoms with van der Waals surface area (Å²) in [5.41, 5.74) is 6.82. The predicted octanol–water partition coefficient (Wildman–Crippen LogP) is 0.392. The molecule has 2 N–H and O–H groups in total. The minimum Gasteiger partial charge on any atom is -0.454 e. The molecule has 0 spiro atoms. The van der Waals surface area contributed by atoms with Crippen molar-refractivity contribution in [2.45, 2.75) is 6.04 Å². The molecule has 2 rings (SSSR count). The van der Waals surface area contributed by atoms with Crippen LogP contribution in [0, 0.1) is 0 Å². The zero-order valence-corrected chi connectivity index (χ0v) is 12.5. The van der Waals surface area contributed by atoms with Gasteiger partial charge in [0.25, 0.3) is 0 Å². The molecule has 1 atom stereocenters. The largest absolute Gasteiger partial charge is 0.454 e. The van der Waals surface area contributed by atoms with Crippen molar-refractivity contribution in [1.82, 2.24) is 4.90 Å². The summed E-state index contributed by atoms with van der Waals surface area (Å²) < 4.78 is 33.1. The van der Waals surface area contributed by atoms with Crippen LogP contribution in [0.4, 0.5) is 0 Å². The molecule has 6 nitrogen and oxygen atoms in total. The van der Waals surface area contributed by atoms with Crippen LogP contribution in [0.2, 0.25) is 0 Å². The van der Waals surface area contributed by atoms with Gasteiger partial charge < -0.3 is 15.2 Å². The Labute approximate surface area is 119 Å². The van der Waals surface area contributed by atoms with Crippen molar-refractivity contribution in [3.05, 3.63) is 23.8 Å². The molecule has 112 valence electrons. The first kappa shape index (κ1) is 15.1. The van der Waals surface area contributed by atoms with Gasteiger partial charge in [-0.15, -0.1) is 0 Å². The number of rotatable bonds is 6. The van der Waals surface area contributed by atoms with E-state index in [0.717, 1.165) is 11.3 Å². The Bertz CT molecular complexity index is 574. The van der Waals surface area contributed by atoms with Crippen LogP contribution >= 0.6 is 0 Å². The summed E-state index contributed by atoms with van der Waals surface area (Å²) in [6.07, 6.45) is 1.23. The van der Waals surface area contributed by atoms with E-state index in [1.54, 1.807) is 0 Å². The fourth-order valence-corrected chi connectivity index (χ4v) is 2.78. The van der Waals surface area contributed by atoms with Gasteiger partial charge in [0.1, 0.15) is 9.84 Å². The Hall–Kier alpha value is -1.31. The zero-order chi connectivity index (χ0) is 14.8. The lowest BCUT2D eigenvalue weighted by Crippen LogP contribution is -2.33. The molecule has 0 bridgehead atoms. The van der Waals surface area contributed by atoms with Gasteiger partial charge in [-0.2, -0.15) is 0 Å². The average Bonchev–Trinajstić information content (AvgIpc) is 2.84. The number of nitrogens with zero attached hydrogens (tertiary/aromatic N) is 1. The van der Waals surface area contributed by atoms with Crippen LogP contribution in [-0.4, -0.2) is 52.3 Å². The maximum atomic E-state index is 11.2. The maximum absolute atomic E-state index is 11.2. The Balaban J connectivity index is 2.11. The van der Waals surface area contributed by atoms with Crippen molar-refractivity contribution in [1.29, 1.82) is 0 Å². The van der Waals surface area contributed by atoms with Crippen LogP contribution in [0.25, 0.3) is 0 Å². The molecule has 0 fully saturated rings. The summed E-state index contributed by atoms with van der Waals surface area (Å²) in [7, 11) is -1.11. The number of nitrogens with two attached hydrogens (primary N) is 1. The number of fused-ring (bicyclic) bond motifs is 1. The SMILES string of the molecule is CN(CCS(C)(=O)=O)C(CN)c1ccc2c(c1)OCO2. The smallest absolute Gasteiger partial charge is 0.231 e. The maximum Gasteiger partial charge on any atom is 0.231 e. The molecule has 1 aromatic carbocycles. The number of ether oxygens (including phenoxy) is 2. The molecule has 0 aromatic heterocycles. The van der Waals surface area contributed by atoms with E-state index in [1.807, 2.05) is 30.1 Å². The molecule has 1 aliphatic heterocycles. The number of hydrogen-bond acceptors (Lipinski definition) is 6. The van der Waals surface area contributed by atoms with E-state index in [9.17, 15) is 8.42 Å². The molecule has 0 amide bonds. The second-order valence-corrected chi connectivity index (χ2v) is 7.23. The summed E-state index contributed by atoms with van der Waals surface area (Å²) in [4.78, 5) is 1.94. The van der Waals surface area contributed by atoms with Gasteiger partial charge in [0.05, 0.1) is 5.75 Å². The first-order chi connectivity index (χ1) is 9.40. The summed E-state index contributed by atoms with van der Waals surface area (Å²) >= 11 is 0. The van der Waals surface area contributed by atoms with E-state index in [-0.39, 0.29) is 18.6 Å². The van der Waals surface area contributed by atoms with E-state index in [2.05, 4.69) is 0 Å². The minimum atomic E-state index is -2.98. The summed E-state index contributed by atoms with van der Waals surface area (Å²) in [5.74, 6) is 1.55. The molecule has 1 aliphatic rings. The second kappa shape index (κ2) is 5.99. The quantitative estimate of drug-likeness (QED) is 0.818. The number of likely N-dealkylation sites (N-methyl/N-ethyl adjacent to an activating group) is 1. The van der Waals surface area contributed by atoms with Crippen LogP contribution in [0.5, 0.6) is 11.5 Å². The summed E-state index contributed by atoms with van der Waals surface area (Å²) in [5, 5.41) is 0. The third-order valence-electron chi connectivity index (χ3n) is 3.35. The topological polar surface area (TPSA) is 81.9 Å². The van der Waals surface area contributed by atoms with Crippen LogP contribution in [0.15, 0.2) is 18.2 Å². The first-order valence-electron chi connectivity index (χ1n) is 6.38. The van der Waals surface area contributed by atoms with Crippen LogP contribution in [0.1, 0.15) is 11.6 Å². The normalized spacial score (nSPS) is 15.6. The summed E-state index contributed by atoms with van der Waals surface area (Å²) in [6.45, 7) is 1.07. The molecule has 20 heavy (non-hydrogen) atoms. The van der Waals surface area contributed by atoms with Crippen molar-refractivity contribution in [3.63, 3.8) is 0 Å². The van der Waals surface area contributed by atoms with Gasteiger partial charge in [0.15, 0.2) is 11.5 Å². The molecule has 1 unspecified atom stereocenters. The Morgan fingerprint density at radius 3 is 2.70 bits per heavy atom. The fourth-order valence-electron chi connectivity index (χ4n) is 2.16. The number of hydrogen-bond donors (Lipinski definition) is 1. The van der Waals surface area contributed by atoms with Crippen molar-refractivity contribution >= 4 is 9.84 Å². The Morgan fingerprint density at radius 1 is 1.35 bits per heavy atom. The second-order valence-electron chi connectivity index (χ2n) is 4.97. The van der Waals surface area contributed by atoms with E-state index < -0.39 is 9.84 Å². The van der Waals surface area contributed by atoms with E-state index in [4.69, 9.17) is 15.2 Å². The minimum absolute atomic E-state index is 0.0498. The van der Waals surface area contributed by atoms with Gasteiger partial charge in [0, 0.05) is 25.4 Å². The highest BCUT2D eigenvalue weighted by Gasteiger charge is 2.20. The lowest BCUT2D eigenvalue weighted by Gasteiger charge is -2.27. The van der Waals surface area contributed by atoms with Crippen LogP contribution in [-0.2, 0) is 9.84 Å². The Morgan fingerprint density at radius 2 is 2.05 bits per heavy atom. The third kappa shape index (κ3) is 3.62. The molecule has 7 heteroatoms. The first-order valence-corrected chi connectivity index (χ1v) is 8.44. The van der Waals surface area contributed by atoms with E-state index in [1.165, 1.54) is 6.26 Å². The van der Waals surface area contributed by atoms with Crippen molar-refractivity contribution in [3.8, 4) is 11.5 Å². The van der Waals surface area contributed by atoms with Gasteiger partial charge in [-0.25, -0.2) is 8.42 Å². The molecular weight excluding hydrogens is 280 g/mol. The lowest BCUT2D eigenvalue weighted by atomic mass is 10.1. The van der Waals surface area contributed by atoms with Gasteiger partial charge in [-0.3, -0.25) is 4.90 Å². The van der Waals surface area contributed by atoms with Gasteiger partial charge in [0.2, 0.25) is 6.79 Å². The number of sulfone groups is 1. The molecule has 0 saturated heterocycles. The summed E-state index contributed by atoms with van der Waals surface area (Å²) in [6, 6.07) is 5.63. The van der Waals surface area contributed by atoms with Crippen LogP contribution < -0.4 is 15.2 Å². The standard InChI is InChI=1S/C13H20N2O4S/c1-15(5-6-20(2,16)17)11(8-14)10-3-4-12-13(7-10)19-9-18-12/h3-4,7,11H,5-6,8-9,14H2,1-2H3. The van der Waals surface area contributed by atoms with Crippen molar-refractivity contribution < 1.29 is 17.9 Å². The van der Waals surface area contributed by atoms with Gasteiger partial charge in [-0.05, 0) is 24.7 Å². The van der Waals surface area contributed by atoms with Crippen molar-refractivity contribution in [2.75, 3.05) is 38.9 Å². The highest BCUT2D eigenvalue weighted by molar-refractivity contribution is 7.90. The average molecular weight is 300 g/mol. The highest BCUT2D eigenvalue weighted by atomic mass is 32.2.